The van der Waals surface area contributed by atoms with Crippen LogP contribution in [0.4, 0.5) is 10.1 Å². The summed E-state index contributed by atoms with van der Waals surface area (Å²) in [7, 11) is 0. The lowest BCUT2D eigenvalue weighted by molar-refractivity contribution is 0.612. The number of rotatable bonds is 1. The molecule has 18 heavy (non-hydrogen) atoms. The Balaban J connectivity index is 1.89. The molecule has 92 valence electrons. The van der Waals surface area contributed by atoms with Crippen LogP contribution in [0.1, 0.15) is 17.0 Å². The average Bonchev–Trinajstić information content (AvgIpc) is 2.39. The van der Waals surface area contributed by atoms with E-state index in [0.717, 1.165) is 23.6 Å². The van der Waals surface area contributed by atoms with E-state index in [4.69, 9.17) is 11.6 Å². The molecule has 0 saturated heterocycles. The number of hydrogen-bond donors (Lipinski definition) is 1. The van der Waals surface area contributed by atoms with E-state index < -0.39 is 0 Å². The minimum atomic E-state index is -0.165. The van der Waals surface area contributed by atoms with Crippen LogP contribution in [0.5, 0.6) is 0 Å². The summed E-state index contributed by atoms with van der Waals surface area (Å²) in [5.74, 6) is 0.207. The normalized spacial score (nSPS) is 18.0. The standard InChI is InChI=1S/C15H13ClFN/c16-13-6-4-10(5-7-13)12-8-11-2-1-3-14(17)15(11)18-9-12/h1-7,12,18H,8-9H2. The van der Waals surface area contributed by atoms with Crippen LogP contribution in [0.25, 0.3) is 0 Å². The number of fused-ring (bicyclic) bond motifs is 1. The topological polar surface area (TPSA) is 12.0 Å². The zero-order chi connectivity index (χ0) is 12.5. The van der Waals surface area contributed by atoms with Crippen LogP contribution in [-0.2, 0) is 6.42 Å². The molecule has 0 amide bonds. The molecule has 0 radical (unpaired) electrons. The van der Waals surface area contributed by atoms with Crippen molar-refractivity contribution in [2.24, 2.45) is 0 Å². The van der Waals surface area contributed by atoms with Crippen LogP contribution in [0.15, 0.2) is 42.5 Å². The first kappa shape index (κ1) is 11.5. The fourth-order valence-corrected chi connectivity index (χ4v) is 2.60. The first-order chi connectivity index (χ1) is 8.74. The molecule has 1 atom stereocenters. The Bertz CT molecular complexity index is 565. The van der Waals surface area contributed by atoms with Crippen molar-refractivity contribution in [2.75, 3.05) is 11.9 Å². The minimum absolute atomic E-state index is 0.165. The van der Waals surface area contributed by atoms with Gasteiger partial charge in [0, 0.05) is 17.5 Å². The molecule has 3 rings (SSSR count). The van der Waals surface area contributed by atoms with Crippen molar-refractivity contribution in [3.63, 3.8) is 0 Å². The second-order valence-corrected chi connectivity index (χ2v) is 5.04. The van der Waals surface area contributed by atoms with Crippen molar-refractivity contribution in [2.45, 2.75) is 12.3 Å². The molecule has 3 heteroatoms. The maximum atomic E-state index is 13.6. The van der Waals surface area contributed by atoms with Crippen LogP contribution in [0.2, 0.25) is 5.02 Å². The maximum Gasteiger partial charge on any atom is 0.146 e. The summed E-state index contributed by atoms with van der Waals surface area (Å²) < 4.78 is 13.6. The van der Waals surface area contributed by atoms with Crippen molar-refractivity contribution in [1.82, 2.24) is 0 Å². The number of para-hydroxylation sites is 1. The van der Waals surface area contributed by atoms with Crippen LogP contribution < -0.4 is 5.32 Å². The highest BCUT2D eigenvalue weighted by Crippen LogP contribution is 2.32. The predicted molar refractivity (Wildman–Crippen MR) is 72.8 cm³/mol. The first-order valence-corrected chi connectivity index (χ1v) is 6.38. The second-order valence-electron chi connectivity index (χ2n) is 4.61. The van der Waals surface area contributed by atoms with Crippen molar-refractivity contribution < 1.29 is 4.39 Å². The Morgan fingerprint density at radius 1 is 1.11 bits per heavy atom. The van der Waals surface area contributed by atoms with Gasteiger partial charge in [0.05, 0.1) is 5.69 Å². The predicted octanol–water partition coefficient (Wildman–Crippen LogP) is 4.23. The lowest BCUT2D eigenvalue weighted by Gasteiger charge is -2.26. The highest BCUT2D eigenvalue weighted by molar-refractivity contribution is 6.30. The van der Waals surface area contributed by atoms with Crippen molar-refractivity contribution in [1.29, 1.82) is 0 Å². The summed E-state index contributed by atoms with van der Waals surface area (Å²) in [6, 6.07) is 13.1. The van der Waals surface area contributed by atoms with E-state index in [0.29, 0.717) is 11.6 Å². The van der Waals surface area contributed by atoms with E-state index in [1.807, 2.05) is 30.3 Å². The smallest absolute Gasteiger partial charge is 0.146 e. The number of nitrogens with one attached hydrogen (secondary N) is 1. The minimum Gasteiger partial charge on any atom is -0.382 e. The molecular formula is C15H13ClFN. The second kappa shape index (κ2) is 4.62. The summed E-state index contributed by atoms with van der Waals surface area (Å²) >= 11 is 5.89. The van der Waals surface area contributed by atoms with Gasteiger partial charge in [0.2, 0.25) is 0 Å². The third-order valence-electron chi connectivity index (χ3n) is 3.43. The lowest BCUT2D eigenvalue weighted by atomic mass is 9.88. The Hall–Kier alpha value is -1.54. The van der Waals surface area contributed by atoms with E-state index in [-0.39, 0.29) is 5.82 Å². The van der Waals surface area contributed by atoms with E-state index in [9.17, 15) is 4.39 Å². The molecule has 2 aromatic carbocycles. The molecular weight excluding hydrogens is 249 g/mol. The number of hydrogen-bond acceptors (Lipinski definition) is 1. The summed E-state index contributed by atoms with van der Waals surface area (Å²) in [6.07, 6.45) is 0.863. The van der Waals surface area contributed by atoms with Gasteiger partial charge < -0.3 is 5.32 Å². The van der Waals surface area contributed by atoms with Gasteiger partial charge in [-0.3, -0.25) is 0 Å². The van der Waals surface area contributed by atoms with Gasteiger partial charge in [-0.1, -0.05) is 35.9 Å². The van der Waals surface area contributed by atoms with E-state index in [1.165, 1.54) is 11.6 Å². The average molecular weight is 262 g/mol. The molecule has 1 heterocycles. The van der Waals surface area contributed by atoms with Gasteiger partial charge in [0.25, 0.3) is 0 Å². The van der Waals surface area contributed by atoms with Gasteiger partial charge in [-0.2, -0.15) is 0 Å². The zero-order valence-corrected chi connectivity index (χ0v) is 10.5. The Labute approximate surface area is 111 Å². The Morgan fingerprint density at radius 3 is 2.67 bits per heavy atom. The molecule has 2 aromatic rings. The molecule has 0 aromatic heterocycles. The van der Waals surface area contributed by atoms with Crippen molar-refractivity contribution in [3.05, 3.63) is 64.4 Å². The highest BCUT2D eigenvalue weighted by Gasteiger charge is 2.21. The third kappa shape index (κ3) is 2.08. The van der Waals surface area contributed by atoms with E-state index >= 15 is 0 Å². The summed E-state index contributed by atoms with van der Waals surface area (Å²) in [5.41, 5.74) is 2.94. The summed E-state index contributed by atoms with van der Waals surface area (Å²) in [4.78, 5) is 0. The van der Waals surface area contributed by atoms with Gasteiger partial charge in [-0.05, 0) is 35.7 Å². The molecule has 0 bridgehead atoms. The summed E-state index contributed by atoms with van der Waals surface area (Å²) in [5, 5.41) is 3.93. The highest BCUT2D eigenvalue weighted by atomic mass is 35.5. The molecule has 1 aliphatic rings. The van der Waals surface area contributed by atoms with Gasteiger partial charge >= 0.3 is 0 Å². The van der Waals surface area contributed by atoms with Crippen LogP contribution in [0.3, 0.4) is 0 Å². The van der Waals surface area contributed by atoms with Gasteiger partial charge in [0.15, 0.2) is 0 Å². The molecule has 1 N–H and O–H groups in total. The largest absolute Gasteiger partial charge is 0.382 e. The maximum absolute atomic E-state index is 13.6. The summed E-state index contributed by atoms with van der Waals surface area (Å²) in [6.45, 7) is 0.759. The fraction of sp³-hybridized carbons (Fsp3) is 0.200. The van der Waals surface area contributed by atoms with Gasteiger partial charge in [-0.25, -0.2) is 4.39 Å². The van der Waals surface area contributed by atoms with E-state index in [1.54, 1.807) is 6.07 Å². The molecule has 1 unspecified atom stereocenters. The zero-order valence-electron chi connectivity index (χ0n) is 9.79. The molecule has 1 aliphatic heterocycles. The van der Waals surface area contributed by atoms with Gasteiger partial charge in [0.1, 0.15) is 5.82 Å². The number of anilines is 1. The monoisotopic (exact) mass is 261 g/mol. The molecule has 0 saturated carbocycles. The lowest BCUT2D eigenvalue weighted by Crippen LogP contribution is -2.22. The number of benzene rings is 2. The molecule has 0 spiro atoms. The van der Waals surface area contributed by atoms with Crippen molar-refractivity contribution >= 4 is 17.3 Å². The molecule has 0 aliphatic carbocycles. The van der Waals surface area contributed by atoms with Crippen molar-refractivity contribution in [3.8, 4) is 0 Å². The van der Waals surface area contributed by atoms with Crippen LogP contribution >= 0.6 is 11.6 Å². The first-order valence-electron chi connectivity index (χ1n) is 6.01. The van der Waals surface area contributed by atoms with E-state index in [2.05, 4.69) is 5.32 Å². The van der Waals surface area contributed by atoms with Crippen LogP contribution in [0, 0.1) is 5.82 Å². The SMILES string of the molecule is Fc1cccc2c1NCC(c1ccc(Cl)cc1)C2. The molecule has 1 nitrogen and oxygen atoms in total. The third-order valence-corrected chi connectivity index (χ3v) is 3.68. The molecule has 0 fully saturated rings. The quantitative estimate of drug-likeness (QED) is 0.810. The Kier molecular flexibility index (Phi) is 2.96. The van der Waals surface area contributed by atoms with Crippen LogP contribution in [-0.4, -0.2) is 6.54 Å². The Morgan fingerprint density at radius 2 is 1.89 bits per heavy atom. The number of halogens is 2. The van der Waals surface area contributed by atoms with Gasteiger partial charge in [-0.15, -0.1) is 0 Å². The fourth-order valence-electron chi connectivity index (χ4n) is 2.47.